The number of nitrogens with one attached hydrogen (secondary N) is 1. The molecule has 0 spiro atoms. The normalized spacial score (nSPS) is 24.3. The van der Waals surface area contributed by atoms with Crippen LogP contribution in [0.1, 0.15) is 30.1 Å². The van der Waals surface area contributed by atoms with E-state index in [1.54, 1.807) is 12.1 Å². The van der Waals surface area contributed by atoms with Crippen LogP contribution >= 0.6 is 0 Å². The van der Waals surface area contributed by atoms with Gasteiger partial charge in [0.05, 0.1) is 5.56 Å². The monoisotopic (exact) mass is 204 g/mol. The van der Waals surface area contributed by atoms with E-state index in [9.17, 15) is 4.79 Å². The average molecular weight is 204 g/mol. The number of hydrogen-bond acceptors (Lipinski definition) is 2. The van der Waals surface area contributed by atoms with Crippen LogP contribution in [0.15, 0.2) is 24.3 Å². The van der Waals surface area contributed by atoms with Gasteiger partial charge in [0.1, 0.15) is 0 Å². The molecule has 0 atom stereocenters. The minimum Gasteiger partial charge on any atom is -0.398 e. The lowest BCUT2D eigenvalue weighted by Crippen LogP contribution is -2.43. The summed E-state index contributed by atoms with van der Waals surface area (Å²) in [7, 11) is 0. The minimum absolute atomic E-state index is 0.0509. The predicted octanol–water partition coefficient (Wildman–Crippen LogP) is 1.80. The predicted molar refractivity (Wildman–Crippen MR) is 60.5 cm³/mol. The number of nitrogens with two attached hydrogens (primary N) is 1. The molecule has 1 amide bonds. The lowest BCUT2D eigenvalue weighted by molar-refractivity contribution is 0.0897. The molecule has 3 heteroatoms. The second kappa shape index (κ2) is 3.93. The molecule has 1 aromatic rings. The number of amides is 1. The lowest BCUT2D eigenvalue weighted by atomic mass is 9.82. The Hall–Kier alpha value is -1.51. The maximum absolute atomic E-state index is 11.8. The van der Waals surface area contributed by atoms with Crippen LogP contribution in [0, 0.1) is 5.92 Å². The Morgan fingerprint density at radius 2 is 2.07 bits per heavy atom. The van der Waals surface area contributed by atoms with Gasteiger partial charge >= 0.3 is 0 Å². The van der Waals surface area contributed by atoms with Crippen LogP contribution in [0.4, 0.5) is 5.69 Å². The number of carbonyl (C=O) groups excluding carboxylic acids is 1. The van der Waals surface area contributed by atoms with Crippen LogP contribution < -0.4 is 11.1 Å². The number of anilines is 1. The first-order valence-electron chi connectivity index (χ1n) is 5.32. The Morgan fingerprint density at radius 1 is 1.40 bits per heavy atom. The molecule has 0 saturated heterocycles. The smallest absolute Gasteiger partial charge is 0.253 e. The molecule has 80 valence electrons. The van der Waals surface area contributed by atoms with Crippen molar-refractivity contribution in [2.75, 3.05) is 5.73 Å². The van der Waals surface area contributed by atoms with Crippen molar-refractivity contribution in [3.63, 3.8) is 0 Å². The van der Waals surface area contributed by atoms with Gasteiger partial charge in [-0.15, -0.1) is 0 Å². The van der Waals surface area contributed by atoms with Crippen molar-refractivity contribution in [1.82, 2.24) is 5.32 Å². The van der Waals surface area contributed by atoms with Crippen LogP contribution in [0.3, 0.4) is 0 Å². The summed E-state index contributed by atoms with van der Waals surface area (Å²) in [6.45, 7) is 2.19. The fourth-order valence-electron chi connectivity index (χ4n) is 1.99. The molecule has 0 bridgehead atoms. The number of hydrogen-bond donors (Lipinski definition) is 2. The van der Waals surface area contributed by atoms with Crippen molar-refractivity contribution >= 4 is 11.6 Å². The number of nitrogen functional groups attached to an aromatic ring is 1. The maximum Gasteiger partial charge on any atom is 0.253 e. The fraction of sp³-hybridized carbons (Fsp3) is 0.417. The van der Waals surface area contributed by atoms with Crippen LogP contribution in [0.5, 0.6) is 0 Å². The number of carbonyl (C=O) groups is 1. The summed E-state index contributed by atoms with van der Waals surface area (Å²) in [4.78, 5) is 11.8. The molecule has 3 nitrogen and oxygen atoms in total. The van der Waals surface area contributed by atoms with Gasteiger partial charge in [0.15, 0.2) is 0 Å². The zero-order valence-electron chi connectivity index (χ0n) is 8.86. The zero-order valence-corrected chi connectivity index (χ0v) is 8.86. The first-order valence-corrected chi connectivity index (χ1v) is 5.32. The highest BCUT2D eigenvalue weighted by atomic mass is 16.1. The van der Waals surface area contributed by atoms with Crippen molar-refractivity contribution in [1.29, 1.82) is 0 Å². The Labute approximate surface area is 89.7 Å². The van der Waals surface area contributed by atoms with Gasteiger partial charge < -0.3 is 11.1 Å². The Bertz CT molecular complexity index is 370. The van der Waals surface area contributed by atoms with Crippen molar-refractivity contribution < 1.29 is 4.79 Å². The summed E-state index contributed by atoms with van der Waals surface area (Å²) in [5.74, 6) is 0.688. The van der Waals surface area contributed by atoms with E-state index in [2.05, 4.69) is 12.2 Å². The minimum atomic E-state index is -0.0509. The average Bonchev–Trinajstić information content (AvgIpc) is 2.16. The van der Waals surface area contributed by atoms with Crippen LogP contribution in [0.25, 0.3) is 0 Å². The van der Waals surface area contributed by atoms with Gasteiger partial charge in [-0.3, -0.25) is 4.79 Å². The van der Waals surface area contributed by atoms with E-state index in [0.717, 1.165) is 18.8 Å². The highest BCUT2D eigenvalue weighted by molar-refractivity contribution is 5.99. The van der Waals surface area contributed by atoms with Crippen molar-refractivity contribution in [3.05, 3.63) is 29.8 Å². The molecule has 1 fully saturated rings. The molecule has 2 rings (SSSR count). The van der Waals surface area contributed by atoms with E-state index in [1.165, 1.54) is 0 Å². The quantitative estimate of drug-likeness (QED) is 0.722. The number of rotatable bonds is 2. The van der Waals surface area contributed by atoms with E-state index in [-0.39, 0.29) is 5.91 Å². The van der Waals surface area contributed by atoms with Crippen LogP contribution in [-0.4, -0.2) is 11.9 Å². The number of benzene rings is 1. The Kier molecular flexibility index (Phi) is 2.62. The van der Waals surface area contributed by atoms with E-state index in [1.807, 2.05) is 12.1 Å². The SMILES string of the molecule is CC1CC(NC(=O)c2ccccc2N)C1. The second-order valence-electron chi connectivity index (χ2n) is 4.33. The summed E-state index contributed by atoms with van der Waals surface area (Å²) >= 11 is 0. The van der Waals surface area contributed by atoms with Crippen LogP contribution in [-0.2, 0) is 0 Å². The van der Waals surface area contributed by atoms with Gasteiger partial charge in [-0.05, 0) is 30.9 Å². The summed E-state index contributed by atoms with van der Waals surface area (Å²) < 4.78 is 0. The number of para-hydroxylation sites is 1. The molecule has 0 aromatic heterocycles. The fourth-order valence-corrected chi connectivity index (χ4v) is 1.99. The summed E-state index contributed by atoms with van der Waals surface area (Å²) in [5.41, 5.74) is 6.85. The molecular weight excluding hydrogens is 188 g/mol. The van der Waals surface area contributed by atoms with Crippen molar-refractivity contribution in [2.24, 2.45) is 5.92 Å². The highest BCUT2D eigenvalue weighted by Gasteiger charge is 2.27. The standard InChI is InChI=1S/C12H16N2O/c1-8-6-9(7-8)14-12(15)10-4-2-3-5-11(10)13/h2-5,8-9H,6-7,13H2,1H3,(H,14,15). The summed E-state index contributed by atoms with van der Waals surface area (Å²) in [6.07, 6.45) is 2.16. The first kappa shape index (κ1) is 10.0. The first-order chi connectivity index (χ1) is 7.16. The molecule has 1 aromatic carbocycles. The molecular formula is C12H16N2O. The van der Waals surface area contributed by atoms with E-state index in [0.29, 0.717) is 17.3 Å². The lowest BCUT2D eigenvalue weighted by Gasteiger charge is -2.33. The van der Waals surface area contributed by atoms with Gasteiger partial charge in [0.25, 0.3) is 5.91 Å². The van der Waals surface area contributed by atoms with Crippen LogP contribution in [0.2, 0.25) is 0 Å². The molecule has 1 aliphatic carbocycles. The Balaban J connectivity index is 1.99. The molecule has 1 aliphatic rings. The second-order valence-corrected chi connectivity index (χ2v) is 4.33. The maximum atomic E-state index is 11.8. The van der Waals surface area contributed by atoms with Gasteiger partial charge in [0, 0.05) is 11.7 Å². The van der Waals surface area contributed by atoms with Gasteiger partial charge in [-0.1, -0.05) is 19.1 Å². The molecule has 0 aliphatic heterocycles. The summed E-state index contributed by atoms with van der Waals surface area (Å²) in [5, 5.41) is 2.98. The van der Waals surface area contributed by atoms with E-state index >= 15 is 0 Å². The van der Waals surface area contributed by atoms with Crippen molar-refractivity contribution in [3.8, 4) is 0 Å². The third kappa shape index (κ3) is 2.12. The molecule has 1 saturated carbocycles. The third-order valence-electron chi connectivity index (χ3n) is 2.91. The highest BCUT2D eigenvalue weighted by Crippen LogP contribution is 2.26. The molecule has 0 radical (unpaired) electrons. The van der Waals surface area contributed by atoms with E-state index < -0.39 is 0 Å². The Morgan fingerprint density at radius 3 is 2.67 bits per heavy atom. The van der Waals surface area contributed by atoms with Gasteiger partial charge in [-0.25, -0.2) is 0 Å². The largest absolute Gasteiger partial charge is 0.398 e. The molecule has 15 heavy (non-hydrogen) atoms. The van der Waals surface area contributed by atoms with Gasteiger partial charge in [0.2, 0.25) is 0 Å². The van der Waals surface area contributed by atoms with Gasteiger partial charge in [-0.2, -0.15) is 0 Å². The zero-order chi connectivity index (χ0) is 10.8. The van der Waals surface area contributed by atoms with E-state index in [4.69, 9.17) is 5.73 Å². The molecule has 0 heterocycles. The molecule has 3 N–H and O–H groups in total. The summed E-state index contributed by atoms with van der Waals surface area (Å²) in [6, 6.07) is 7.50. The molecule has 0 unspecified atom stereocenters. The topological polar surface area (TPSA) is 55.1 Å². The van der Waals surface area contributed by atoms with Crippen molar-refractivity contribution in [2.45, 2.75) is 25.8 Å². The third-order valence-corrected chi connectivity index (χ3v) is 2.91.